The first-order chi connectivity index (χ1) is 17.8. The second kappa shape index (κ2) is 9.37. The van der Waals surface area contributed by atoms with E-state index >= 15 is 0 Å². The normalized spacial score (nSPS) is 11.4. The van der Waals surface area contributed by atoms with Gasteiger partial charge in [-0.2, -0.15) is 9.61 Å². The molecule has 0 saturated heterocycles. The SMILES string of the molecule is COc1cc2c(cc1OC)n(Cc1ccc([N+](=O)[O-])cc1)c(=O)n1nc(CCn3nc(C)cc3C)nc21. The van der Waals surface area contributed by atoms with E-state index in [0.717, 1.165) is 11.4 Å². The highest BCUT2D eigenvalue weighted by Crippen LogP contribution is 2.33. The Morgan fingerprint density at radius 2 is 1.70 bits per heavy atom. The van der Waals surface area contributed by atoms with Crippen molar-refractivity contribution in [2.75, 3.05) is 14.2 Å². The van der Waals surface area contributed by atoms with Crippen LogP contribution in [0.15, 0.2) is 47.3 Å². The van der Waals surface area contributed by atoms with Crippen molar-refractivity contribution >= 4 is 22.2 Å². The number of hydrogen-bond donors (Lipinski definition) is 0. The van der Waals surface area contributed by atoms with Gasteiger partial charge in [0.15, 0.2) is 23.0 Å². The molecule has 5 aromatic rings. The molecule has 3 aromatic heterocycles. The molecule has 0 atom stereocenters. The van der Waals surface area contributed by atoms with E-state index in [1.54, 1.807) is 28.8 Å². The van der Waals surface area contributed by atoms with Crippen molar-refractivity contribution in [1.29, 1.82) is 0 Å². The molecule has 190 valence electrons. The molecular weight excluding hydrogens is 478 g/mol. The maximum atomic E-state index is 13.6. The minimum atomic E-state index is -0.461. The summed E-state index contributed by atoms with van der Waals surface area (Å²) >= 11 is 0. The number of aromatic nitrogens is 6. The lowest BCUT2D eigenvalue weighted by atomic mass is 10.1. The number of nitro benzene ring substituents is 1. The Kier molecular flexibility index (Phi) is 6.07. The second-order valence-electron chi connectivity index (χ2n) is 8.68. The standard InChI is InChI=1S/C25H25N7O5/c1-15-11-16(2)30(27-15)10-9-23-26-24-19-12-21(36-3)22(37-4)13-20(19)29(25(33)31(24)28-23)14-17-5-7-18(8-6-17)32(34)35/h5-8,11-13H,9-10,14H2,1-4H3. The van der Waals surface area contributed by atoms with E-state index in [2.05, 4.69) is 15.2 Å². The Balaban J connectivity index is 1.64. The summed E-state index contributed by atoms with van der Waals surface area (Å²) in [6.45, 7) is 4.66. The van der Waals surface area contributed by atoms with Crippen molar-refractivity contribution in [2.45, 2.75) is 33.4 Å². The summed E-state index contributed by atoms with van der Waals surface area (Å²) in [5.41, 5.74) is 3.25. The number of benzene rings is 2. The lowest BCUT2D eigenvalue weighted by molar-refractivity contribution is -0.384. The van der Waals surface area contributed by atoms with Crippen LogP contribution in [0.2, 0.25) is 0 Å². The van der Waals surface area contributed by atoms with Gasteiger partial charge in [-0.1, -0.05) is 12.1 Å². The van der Waals surface area contributed by atoms with Crippen LogP contribution in [-0.4, -0.2) is 48.1 Å². The zero-order valence-electron chi connectivity index (χ0n) is 20.8. The van der Waals surface area contributed by atoms with Crippen molar-refractivity contribution in [1.82, 2.24) is 28.9 Å². The molecule has 0 bridgehead atoms. The Hall–Kier alpha value is -4.74. The Morgan fingerprint density at radius 3 is 2.32 bits per heavy atom. The number of nitrogens with zero attached hydrogens (tertiary/aromatic N) is 7. The molecule has 0 amide bonds. The summed E-state index contributed by atoms with van der Waals surface area (Å²) in [4.78, 5) is 28.9. The summed E-state index contributed by atoms with van der Waals surface area (Å²) < 4.78 is 15.7. The van der Waals surface area contributed by atoms with Gasteiger partial charge >= 0.3 is 5.69 Å². The van der Waals surface area contributed by atoms with Crippen molar-refractivity contribution in [3.05, 3.63) is 85.8 Å². The molecule has 37 heavy (non-hydrogen) atoms. The van der Waals surface area contributed by atoms with Crippen molar-refractivity contribution < 1.29 is 14.4 Å². The monoisotopic (exact) mass is 503 g/mol. The number of ether oxygens (including phenoxy) is 2. The number of hydrogen-bond acceptors (Lipinski definition) is 8. The summed E-state index contributed by atoms with van der Waals surface area (Å²) in [6, 6.07) is 11.6. The topological polar surface area (TPSA) is 132 Å². The summed E-state index contributed by atoms with van der Waals surface area (Å²) in [5, 5.41) is 20.7. The number of fused-ring (bicyclic) bond motifs is 3. The smallest absolute Gasteiger partial charge is 0.351 e. The molecule has 3 heterocycles. The van der Waals surface area contributed by atoms with Gasteiger partial charge in [-0.05, 0) is 31.5 Å². The highest BCUT2D eigenvalue weighted by Gasteiger charge is 2.19. The fourth-order valence-corrected chi connectivity index (χ4v) is 4.42. The summed E-state index contributed by atoms with van der Waals surface area (Å²) in [7, 11) is 3.06. The van der Waals surface area contributed by atoms with Crippen LogP contribution in [0.3, 0.4) is 0 Å². The predicted octanol–water partition coefficient (Wildman–Crippen LogP) is 3.07. The van der Waals surface area contributed by atoms with Gasteiger partial charge in [0, 0.05) is 42.2 Å². The second-order valence-corrected chi connectivity index (χ2v) is 8.68. The van der Waals surface area contributed by atoms with Crippen LogP contribution in [0.4, 0.5) is 5.69 Å². The van der Waals surface area contributed by atoms with Crippen LogP contribution in [0.25, 0.3) is 16.6 Å². The number of non-ortho nitro benzene ring substituents is 1. The molecule has 5 rings (SSSR count). The van der Waals surface area contributed by atoms with Gasteiger partial charge in [-0.25, -0.2) is 9.78 Å². The molecule has 12 heteroatoms. The fraction of sp³-hybridized carbons (Fsp3) is 0.280. The largest absolute Gasteiger partial charge is 0.493 e. The molecule has 0 spiro atoms. The molecule has 0 aliphatic rings. The van der Waals surface area contributed by atoms with E-state index in [1.807, 2.05) is 24.6 Å². The van der Waals surface area contributed by atoms with Crippen LogP contribution < -0.4 is 15.2 Å². The highest BCUT2D eigenvalue weighted by atomic mass is 16.6. The molecule has 0 aliphatic heterocycles. The third-order valence-corrected chi connectivity index (χ3v) is 6.24. The minimum Gasteiger partial charge on any atom is -0.493 e. The van der Waals surface area contributed by atoms with Crippen LogP contribution in [0, 0.1) is 24.0 Å². The summed E-state index contributed by atoms with van der Waals surface area (Å²) in [5.74, 6) is 1.46. The van der Waals surface area contributed by atoms with Gasteiger partial charge in [0.2, 0.25) is 0 Å². The first kappa shape index (κ1) is 24.0. The third-order valence-electron chi connectivity index (χ3n) is 6.24. The number of aryl methyl sites for hydroxylation is 4. The lowest BCUT2D eigenvalue weighted by Crippen LogP contribution is -2.28. The van der Waals surface area contributed by atoms with Gasteiger partial charge in [-0.3, -0.25) is 19.4 Å². The van der Waals surface area contributed by atoms with Crippen LogP contribution in [-0.2, 0) is 19.5 Å². The first-order valence-electron chi connectivity index (χ1n) is 11.6. The minimum absolute atomic E-state index is 0.0219. The Bertz CT molecular complexity index is 1700. The number of methoxy groups -OCH3 is 2. The molecule has 0 saturated carbocycles. The van der Waals surface area contributed by atoms with E-state index in [9.17, 15) is 14.9 Å². The zero-order chi connectivity index (χ0) is 26.3. The zero-order valence-corrected chi connectivity index (χ0v) is 20.8. The van der Waals surface area contributed by atoms with Gasteiger partial charge in [0.1, 0.15) is 0 Å². The average molecular weight is 504 g/mol. The van der Waals surface area contributed by atoms with Crippen LogP contribution >= 0.6 is 0 Å². The quantitative estimate of drug-likeness (QED) is 0.233. The van der Waals surface area contributed by atoms with Gasteiger partial charge in [0.05, 0.1) is 36.9 Å². The third kappa shape index (κ3) is 4.37. The van der Waals surface area contributed by atoms with Crippen LogP contribution in [0.5, 0.6) is 11.5 Å². The molecule has 12 nitrogen and oxygen atoms in total. The van der Waals surface area contributed by atoms with Crippen molar-refractivity contribution in [2.24, 2.45) is 0 Å². The van der Waals surface area contributed by atoms with E-state index in [4.69, 9.17) is 9.47 Å². The van der Waals surface area contributed by atoms with E-state index in [-0.39, 0.29) is 12.2 Å². The highest BCUT2D eigenvalue weighted by molar-refractivity contribution is 5.94. The van der Waals surface area contributed by atoms with Crippen molar-refractivity contribution in [3.63, 3.8) is 0 Å². The van der Waals surface area contributed by atoms with E-state index < -0.39 is 10.6 Å². The Labute approximate surface area is 210 Å². The molecule has 0 radical (unpaired) electrons. The number of rotatable bonds is 8. The van der Waals surface area contributed by atoms with Gasteiger partial charge in [0.25, 0.3) is 5.69 Å². The molecular formula is C25H25N7O5. The average Bonchev–Trinajstić information content (AvgIpc) is 3.47. The van der Waals surface area contributed by atoms with E-state index in [0.29, 0.717) is 52.4 Å². The number of nitro groups is 1. The lowest BCUT2D eigenvalue weighted by Gasteiger charge is -2.14. The maximum Gasteiger partial charge on any atom is 0.351 e. The molecule has 0 N–H and O–H groups in total. The molecule has 2 aromatic carbocycles. The van der Waals surface area contributed by atoms with Crippen molar-refractivity contribution in [3.8, 4) is 11.5 Å². The fourth-order valence-electron chi connectivity index (χ4n) is 4.42. The first-order valence-corrected chi connectivity index (χ1v) is 11.6. The van der Waals surface area contributed by atoms with Gasteiger partial charge in [-0.15, -0.1) is 5.10 Å². The summed E-state index contributed by atoms with van der Waals surface area (Å²) in [6.07, 6.45) is 0.486. The Morgan fingerprint density at radius 1 is 1.00 bits per heavy atom. The van der Waals surface area contributed by atoms with Gasteiger partial charge < -0.3 is 9.47 Å². The van der Waals surface area contributed by atoms with Crippen LogP contribution in [0.1, 0.15) is 22.8 Å². The molecule has 0 unspecified atom stereocenters. The predicted molar refractivity (Wildman–Crippen MR) is 135 cm³/mol. The molecule has 0 aliphatic carbocycles. The van der Waals surface area contributed by atoms with E-state index in [1.165, 1.54) is 30.9 Å². The molecule has 0 fully saturated rings. The maximum absolute atomic E-state index is 13.6.